The van der Waals surface area contributed by atoms with Gasteiger partial charge in [0, 0.05) is 30.2 Å². The highest BCUT2D eigenvalue weighted by Crippen LogP contribution is 2.41. The van der Waals surface area contributed by atoms with E-state index in [1.807, 2.05) is 30.3 Å². The standard InChI is InChI=1S/C20H22N2O3S2/c1-14-13-21(15(2)23)19-12-17(9-10-20(19)26-14)27(24,25)22-11-5-7-16-6-3-4-8-18(16)22/h3-4,6,8-10,12,14H,5,7,11,13H2,1-2H3/t14-/m0/s1. The predicted octanol–water partition coefficient (Wildman–Crippen LogP) is 3.68. The molecule has 2 heterocycles. The number of anilines is 2. The summed E-state index contributed by atoms with van der Waals surface area (Å²) in [6.07, 6.45) is 1.69. The van der Waals surface area contributed by atoms with Gasteiger partial charge in [0.25, 0.3) is 10.0 Å². The molecule has 0 aromatic heterocycles. The van der Waals surface area contributed by atoms with E-state index in [1.54, 1.807) is 28.8 Å². The maximum atomic E-state index is 13.4. The Morgan fingerprint density at radius 2 is 1.93 bits per heavy atom. The number of fused-ring (bicyclic) bond motifs is 2. The number of rotatable bonds is 2. The van der Waals surface area contributed by atoms with Crippen LogP contribution in [0.4, 0.5) is 11.4 Å². The minimum absolute atomic E-state index is 0.0683. The second kappa shape index (κ2) is 6.87. The first-order valence-electron chi connectivity index (χ1n) is 9.07. The van der Waals surface area contributed by atoms with E-state index in [-0.39, 0.29) is 16.1 Å². The molecule has 2 aliphatic rings. The summed E-state index contributed by atoms with van der Waals surface area (Å²) in [7, 11) is -3.69. The maximum absolute atomic E-state index is 13.4. The number of nitrogens with zero attached hydrogens (tertiary/aromatic N) is 2. The van der Waals surface area contributed by atoms with E-state index >= 15 is 0 Å². The summed E-state index contributed by atoms with van der Waals surface area (Å²) in [4.78, 5) is 15.0. The van der Waals surface area contributed by atoms with Gasteiger partial charge in [-0.3, -0.25) is 9.10 Å². The largest absolute Gasteiger partial charge is 0.310 e. The summed E-state index contributed by atoms with van der Waals surface area (Å²) < 4.78 is 28.3. The first-order valence-corrected chi connectivity index (χ1v) is 11.4. The van der Waals surface area contributed by atoms with Crippen molar-refractivity contribution in [2.24, 2.45) is 0 Å². The lowest BCUT2D eigenvalue weighted by Gasteiger charge is -2.33. The molecule has 0 radical (unpaired) electrons. The number of benzene rings is 2. The van der Waals surface area contributed by atoms with Crippen LogP contribution in [0.25, 0.3) is 0 Å². The highest BCUT2D eigenvalue weighted by atomic mass is 32.2. The summed E-state index contributed by atoms with van der Waals surface area (Å²) >= 11 is 1.67. The Hall–Kier alpha value is -1.99. The van der Waals surface area contributed by atoms with E-state index < -0.39 is 10.0 Å². The van der Waals surface area contributed by atoms with Crippen LogP contribution in [-0.2, 0) is 21.2 Å². The number of carbonyl (C=O) groups is 1. The molecule has 0 bridgehead atoms. The maximum Gasteiger partial charge on any atom is 0.264 e. The highest BCUT2D eigenvalue weighted by molar-refractivity contribution is 8.00. The number of hydrogen-bond donors (Lipinski definition) is 0. The van der Waals surface area contributed by atoms with Gasteiger partial charge in [-0.05, 0) is 42.7 Å². The van der Waals surface area contributed by atoms with Gasteiger partial charge in [0.2, 0.25) is 5.91 Å². The third-order valence-corrected chi connectivity index (χ3v) is 7.98. The van der Waals surface area contributed by atoms with Crippen molar-refractivity contribution in [1.82, 2.24) is 0 Å². The van der Waals surface area contributed by atoms with Gasteiger partial charge in [0.05, 0.1) is 16.3 Å². The number of thioether (sulfide) groups is 1. The van der Waals surface area contributed by atoms with Gasteiger partial charge in [-0.15, -0.1) is 11.8 Å². The van der Waals surface area contributed by atoms with Gasteiger partial charge in [0.15, 0.2) is 0 Å². The van der Waals surface area contributed by atoms with Crippen LogP contribution in [0.5, 0.6) is 0 Å². The highest BCUT2D eigenvalue weighted by Gasteiger charge is 2.32. The van der Waals surface area contributed by atoms with E-state index in [1.165, 1.54) is 11.2 Å². The van der Waals surface area contributed by atoms with Crippen molar-refractivity contribution in [3.8, 4) is 0 Å². The van der Waals surface area contributed by atoms with Crippen LogP contribution in [0.1, 0.15) is 25.8 Å². The molecule has 1 amide bonds. The lowest BCUT2D eigenvalue weighted by molar-refractivity contribution is -0.116. The van der Waals surface area contributed by atoms with Crippen molar-refractivity contribution in [2.75, 3.05) is 22.3 Å². The van der Waals surface area contributed by atoms with Crippen molar-refractivity contribution in [2.45, 2.75) is 41.7 Å². The molecule has 4 rings (SSSR count). The van der Waals surface area contributed by atoms with E-state index in [9.17, 15) is 13.2 Å². The first kappa shape index (κ1) is 18.4. The second-order valence-electron chi connectivity index (χ2n) is 7.00. The van der Waals surface area contributed by atoms with Crippen LogP contribution in [0, 0.1) is 0 Å². The summed E-state index contributed by atoms with van der Waals surface area (Å²) in [5.74, 6) is -0.0683. The van der Waals surface area contributed by atoms with E-state index in [4.69, 9.17) is 0 Å². The molecule has 5 nitrogen and oxygen atoms in total. The zero-order valence-electron chi connectivity index (χ0n) is 15.4. The predicted molar refractivity (Wildman–Crippen MR) is 109 cm³/mol. The molecule has 2 aromatic rings. The van der Waals surface area contributed by atoms with Crippen LogP contribution >= 0.6 is 11.8 Å². The first-order chi connectivity index (χ1) is 12.9. The topological polar surface area (TPSA) is 57.7 Å². The van der Waals surface area contributed by atoms with Gasteiger partial charge >= 0.3 is 0 Å². The fraction of sp³-hybridized carbons (Fsp3) is 0.350. The van der Waals surface area contributed by atoms with Crippen molar-refractivity contribution < 1.29 is 13.2 Å². The lowest BCUT2D eigenvalue weighted by Crippen LogP contribution is -2.38. The molecule has 0 fully saturated rings. The Kier molecular flexibility index (Phi) is 4.68. The summed E-state index contributed by atoms with van der Waals surface area (Å²) in [5, 5.41) is 0.276. The monoisotopic (exact) mass is 402 g/mol. The van der Waals surface area contributed by atoms with Gasteiger partial charge in [-0.25, -0.2) is 8.42 Å². The zero-order valence-corrected chi connectivity index (χ0v) is 17.0. The molecule has 2 aliphatic heterocycles. The molecule has 2 aromatic carbocycles. The van der Waals surface area contributed by atoms with E-state index in [0.29, 0.717) is 18.8 Å². The van der Waals surface area contributed by atoms with Crippen LogP contribution < -0.4 is 9.21 Å². The molecule has 0 N–H and O–H groups in total. The van der Waals surface area contributed by atoms with Crippen LogP contribution in [0.15, 0.2) is 52.3 Å². The fourth-order valence-corrected chi connectivity index (χ4v) is 6.41. The lowest BCUT2D eigenvalue weighted by atomic mass is 10.0. The summed E-state index contributed by atoms with van der Waals surface area (Å²) in [6.45, 7) is 4.65. The Morgan fingerprint density at radius 1 is 1.15 bits per heavy atom. The number of carbonyl (C=O) groups excluding carboxylic acids is 1. The average Bonchev–Trinajstić information content (AvgIpc) is 2.66. The molecule has 0 unspecified atom stereocenters. The number of amides is 1. The Balaban J connectivity index is 1.78. The van der Waals surface area contributed by atoms with Gasteiger partial charge in [0.1, 0.15) is 0 Å². The van der Waals surface area contributed by atoms with E-state index in [0.717, 1.165) is 29.0 Å². The van der Waals surface area contributed by atoms with Crippen molar-refractivity contribution in [3.63, 3.8) is 0 Å². The Labute approximate surface area is 164 Å². The van der Waals surface area contributed by atoms with Crippen LogP contribution in [0.2, 0.25) is 0 Å². The van der Waals surface area contributed by atoms with Crippen molar-refractivity contribution in [1.29, 1.82) is 0 Å². The van der Waals surface area contributed by atoms with Crippen LogP contribution in [0.3, 0.4) is 0 Å². The summed E-state index contributed by atoms with van der Waals surface area (Å²) in [6, 6.07) is 12.8. The molecule has 142 valence electrons. The molecular weight excluding hydrogens is 380 g/mol. The molecule has 0 aliphatic carbocycles. The van der Waals surface area contributed by atoms with Crippen molar-refractivity contribution >= 4 is 39.1 Å². The Morgan fingerprint density at radius 3 is 2.70 bits per heavy atom. The molecule has 0 saturated heterocycles. The molecule has 27 heavy (non-hydrogen) atoms. The molecular formula is C20H22N2O3S2. The molecule has 0 saturated carbocycles. The molecule has 1 atom stereocenters. The molecule has 0 spiro atoms. The zero-order chi connectivity index (χ0) is 19.2. The third-order valence-electron chi connectivity index (χ3n) is 5.02. The average molecular weight is 403 g/mol. The minimum Gasteiger partial charge on any atom is -0.310 e. The number of aryl methyl sites for hydroxylation is 1. The Bertz CT molecular complexity index is 1000. The second-order valence-corrected chi connectivity index (χ2v) is 10.3. The number of hydrogen-bond acceptors (Lipinski definition) is 4. The number of para-hydroxylation sites is 1. The van der Waals surface area contributed by atoms with Crippen molar-refractivity contribution in [3.05, 3.63) is 48.0 Å². The van der Waals surface area contributed by atoms with Gasteiger partial charge in [-0.2, -0.15) is 0 Å². The van der Waals surface area contributed by atoms with Crippen LogP contribution in [-0.4, -0.2) is 32.7 Å². The van der Waals surface area contributed by atoms with Gasteiger partial charge in [-0.1, -0.05) is 25.1 Å². The normalized spacial score (nSPS) is 19.4. The fourth-order valence-electron chi connectivity index (χ4n) is 3.75. The quantitative estimate of drug-likeness (QED) is 0.769. The SMILES string of the molecule is CC(=O)N1C[C@H](C)Sc2ccc(S(=O)(=O)N3CCCc4ccccc43)cc21. The summed E-state index contributed by atoms with van der Waals surface area (Å²) in [5.41, 5.74) is 2.50. The molecule has 7 heteroatoms. The van der Waals surface area contributed by atoms with E-state index in [2.05, 4.69) is 6.92 Å². The minimum atomic E-state index is -3.69. The number of sulfonamides is 1. The van der Waals surface area contributed by atoms with Gasteiger partial charge < -0.3 is 4.90 Å². The smallest absolute Gasteiger partial charge is 0.264 e. The third kappa shape index (κ3) is 3.23.